The van der Waals surface area contributed by atoms with Gasteiger partial charge in [0.1, 0.15) is 6.04 Å². The number of nitrogens with one attached hydrogen (secondary N) is 2. The van der Waals surface area contributed by atoms with Crippen molar-refractivity contribution in [1.82, 2.24) is 10.6 Å². The van der Waals surface area contributed by atoms with Gasteiger partial charge in [-0.15, -0.1) is 12.4 Å². The van der Waals surface area contributed by atoms with Crippen molar-refractivity contribution in [1.29, 1.82) is 0 Å². The van der Waals surface area contributed by atoms with Gasteiger partial charge in [0.25, 0.3) is 5.91 Å². The highest BCUT2D eigenvalue weighted by atomic mass is 35.5. The molecule has 0 heterocycles. The summed E-state index contributed by atoms with van der Waals surface area (Å²) in [4.78, 5) is 24.1. The summed E-state index contributed by atoms with van der Waals surface area (Å²) >= 11 is 5.78. The number of amides is 2. The van der Waals surface area contributed by atoms with Crippen molar-refractivity contribution in [3.63, 3.8) is 0 Å². The largest absolute Gasteiger partial charge is 0.350 e. The van der Waals surface area contributed by atoms with Crippen molar-refractivity contribution in [2.45, 2.75) is 45.2 Å². The molecule has 23 heavy (non-hydrogen) atoms. The van der Waals surface area contributed by atoms with E-state index in [2.05, 4.69) is 17.6 Å². The first-order valence-electron chi connectivity index (χ1n) is 7.54. The Morgan fingerprint density at radius 2 is 1.83 bits per heavy atom. The molecule has 0 aliphatic heterocycles. The van der Waals surface area contributed by atoms with Gasteiger partial charge >= 0.3 is 0 Å². The zero-order chi connectivity index (χ0) is 16.5. The van der Waals surface area contributed by atoms with E-state index in [-0.39, 0.29) is 30.3 Å². The maximum atomic E-state index is 12.1. The minimum Gasteiger partial charge on any atom is -0.350 e. The standard InChI is InChI=1S/C16H24ClN3O2.ClH/c1-3-4-5-14(10-18)20-15(21)11(2)19-16(22)12-6-8-13(17)9-7-12;/h6-9,11,14H,3-5,10,18H2,1-2H3,(H,19,22)(H,20,21);1H. The Kier molecular flexibility index (Phi) is 10.6. The molecule has 0 aliphatic rings. The van der Waals surface area contributed by atoms with E-state index in [1.807, 2.05) is 0 Å². The second kappa shape index (κ2) is 11.3. The number of hydrogen-bond donors (Lipinski definition) is 3. The Balaban J connectivity index is 0.00000484. The predicted octanol–water partition coefficient (Wildman–Crippen LogP) is 2.51. The lowest BCUT2D eigenvalue weighted by Gasteiger charge is -2.20. The number of halogens is 2. The quantitative estimate of drug-likeness (QED) is 0.664. The van der Waals surface area contributed by atoms with Crippen molar-refractivity contribution >= 4 is 35.8 Å². The fourth-order valence-electron chi connectivity index (χ4n) is 1.97. The number of unbranched alkanes of at least 4 members (excludes halogenated alkanes) is 1. The normalized spacial score (nSPS) is 12.7. The number of carbonyl (C=O) groups is 2. The molecule has 0 bridgehead atoms. The van der Waals surface area contributed by atoms with E-state index in [9.17, 15) is 9.59 Å². The monoisotopic (exact) mass is 361 g/mol. The van der Waals surface area contributed by atoms with Crippen LogP contribution in [0.4, 0.5) is 0 Å². The third kappa shape index (κ3) is 7.68. The highest BCUT2D eigenvalue weighted by molar-refractivity contribution is 6.30. The summed E-state index contributed by atoms with van der Waals surface area (Å²) in [5.74, 6) is -0.536. The van der Waals surface area contributed by atoms with E-state index < -0.39 is 6.04 Å². The van der Waals surface area contributed by atoms with Gasteiger partial charge in [0.05, 0.1) is 0 Å². The van der Waals surface area contributed by atoms with Gasteiger partial charge < -0.3 is 16.4 Å². The van der Waals surface area contributed by atoms with Crippen LogP contribution in [-0.2, 0) is 4.79 Å². The van der Waals surface area contributed by atoms with E-state index in [4.69, 9.17) is 17.3 Å². The molecular weight excluding hydrogens is 337 g/mol. The molecule has 5 nitrogen and oxygen atoms in total. The predicted molar refractivity (Wildman–Crippen MR) is 96.1 cm³/mol. The fourth-order valence-corrected chi connectivity index (χ4v) is 2.10. The summed E-state index contributed by atoms with van der Waals surface area (Å²) in [6.07, 6.45) is 2.90. The molecule has 4 N–H and O–H groups in total. The fraction of sp³-hybridized carbons (Fsp3) is 0.500. The average Bonchev–Trinajstić information content (AvgIpc) is 2.51. The molecular formula is C16H25Cl2N3O2. The first-order valence-corrected chi connectivity index (χ1v) is 7.92. The van der Waals surface area contributed by atoms with E-state index in [0.717, 1.165) is 19.3 Å². The van der Waals surface area contributed by atoms with Crippen molar-refractivity contribution in [3.8, 4) is 0 Å². The van der Waals surface area contributed by atoms with Gasteiger partial charge in [-0.3, -0.25) is 9.59 Å². The summed E-state index contributed by atoms with van der Waals surface area (Å²) in [6.45, 7) is 4.13. The Morgan fingerprint density at radius 3 is 2.35 bits per heavy atom. The SMILES string of the molecule is CCCCC(CN)NC(=O)C(C)NC(=O)c1ccc(Cl)cc1.Cl. The van der Waals surface area contributed by atoms with Gasteiger partial charge in [-0.05, 0) is 37.6 Å². The zero-order valence-electron chi connectivity index (χ0n) is 13.5. The van der Waals surface area contributed by atoms with E-state index >= 15 is 0 Å². The molecule has 0 saturated carbocycles. The molecule has 1 rings (SSSR count). The van der Waals surface area contributed by atoms with Crippen LogP contribution >= 0.6 is 24.0 Å². The number of rotatable bonds is 8. The van der Waals surface area contributed by atoms with Gasteiger partial charge in [0.15, 0.2) is 0 Å². The lowest BCUT2D eigenvalue weighted by Crippen LogP contribution is -2.50. The first-order chi connectivity index (χ1) is 10.5. The van der Waals surface area contributed by atoms with Crippen LogP contribution in [0.1, 0.15) is 43.5 Å². The molecule has 0 fully saturated rings. The van der Waals surface area contributed by atoms with Gasteiger partial charge in [0, 0.05) is 23.2 Å². The van der Waals surface area contributed by atoms with Crippen LogP contribution in [0.2, 0.25) is 5.02 Å². The maximum Gasteiger partial charge on any atom is 0.251 e. The molecule has 0 saturated heterocycles. The summed E-state index contributed by atoms with van der Waals surface area (Å²) in [5, 5.41) is 6.09. The van der Waals surface area contributed by atoms with E-state index in [0.29, 0.717) is 17.1 Å². The number of hydrogen-bond acceptors (Lipinski definition) is 3. The Bertz CT molecular complexity index is 495. The number of carbonyl (C=O) groups excluding carboxylic acids is 2. The molecule has 0 radical (unpaired) electrons. The summed E-state index contributed by atoms with van der Waals surface area (Å²) < 4.78 is 0. The smallest absolute Gasteiger partial charge is 0.251 e. The molecule has 2 unspecified atom stereocenters. The Labute approximate surface area is 148 Å². The minimum absolute atomic E-state index is 0. The highest BCUT2D eigenvalue weighted by Gasteiger charge is 2.19. The van der Waals surface area contributed by atoms with Crippen LogP contribution in [0.3, 0.4) is 0 Å². The van der Waals surface area contributed by atoms with Crippen LogP contribution in [0.5, 0.6) is 0 Å². The van der Waals surface area contributed by atoms with Gasteiger partial charge in [-0.1, -0.05) is 31.4 Å². The molecule has 1 aromatic rings. The molecule has 7 heteroatoms. The van der Waals surface area contributed by atoms with Crippen molar-refractivity contribution in [2.24, 2.45) is 5.73 Å². The maximum absolute atomic E-state index is 12.1. The van der Waals surface area contributed by atoms with Crippen LogP contribution in [0, 0.1) is 0 Å². The van der Waals surface area contributed by atoms with Crippen LogP contribution in [-0.4, -0.2) is 30.4 Å². The molecule has 2 amide bonds. The number of nitrogens with two attached hydrogens (primary N) is 1. The van der Waals surface area contributed by atoms with Gasteiger partial charge in [0.2, 0.25) is 5.91 Å². The lowest BCUT2D eigenvalue weighted by atomic mass is 10.1. The molecule has 1 aromatic carbocycles. The van der Waals surface area contributed by atoms with Crippen LogP contribution in [0.15, 0.2) is 24.3 Å². The molecule has 0 spiro atoms. The summed E-state index contributed by atoms with van der Waals surface area (Å²) in [5.41, 5.74) is 6.12. The molecule has 130 valence electrons. The Hall–Kier alpha value is -1.30. The van der Waals surface area contributed by atoms with Crippen LogP contribution in [0.25, 0.3) is 0 Å². The third-order valence-electron chi connectivity index (χ3n) is 3.38. The molecule has 0 aromatic heterocycles. The lowest BCUT2D eigenvalue weighted by molar-refractivity contribution is -0.123. The summed E-state index contributed by atoms with van der Waals surface area (Å²) in [6, 6.07) is 5.83. The minimum atomic E-state index is -0.626. The second-order valence-electron chi connectivity index (χ2n) is 5.29. The van der Waals surface area contributed by atoms with Crippen molar-refractivity contribution < 1.29 is 9.59 Å². The highest BCUT2D eigenvalue weighted by Crippen LogP contribution is 2.09. The van der Waals surface area contributed by atoms with Gasteiger partial charge in [-0.25, -0.2) is 0 Å². The summed E-state index contributed by atoms with van der Waals surface area (Å²) in [7, 11) is 0. The Morgan fingerprint density at radius 1 is 1.22 bits per heavy atom. The zero-order valence-corrected chi connectivity index (χ0v) is 15.0. The number of benzene rings is 1. The van der Waals surface area contributed by atoms with Gasteiger partial charge in [-0.2, -0.15) is 0 Å². The van der Waals surface area contributed by atoms with Crippen LogP contribution < -0.4 is 16.4 Å². The third-order valence-corrected chi connectivity index (χ3v) is 3.64. The second-order valence-corrected chi connectivity index (χ2v) is 5.72. The van der Waals surface area contributed by atoms with Crippen molar-refractivity contribution in [2.75, 3.05) is 6.54 Å². The molecule has 2 atom stereocenters. The topological polar surface area (TPSA) is 84.2 Å². The van der Waals surface area contributed by atoms with Crippen molar-refractivity contribution in [3.05, 3.63) is 34.9 Å². The molecule has 0 aliphatic carbocycles. The first kappa shape index (κ1) is 21.7. The van der Waals surface area contributed by atoms with E-state index in [1.165, 1.54) is 0 Å². The average molecular weight is 362 g/mol. The van der Waals surface area contributed by atoms with E-state index in [1.54, 1.807) is 31.2 Å².